The Kier molecular flexibility index (Phi) is 15.1. The van der Waals surface area contributed by atoms with Gasteiger partial charge in [0.2, 0.25) is 0 Å². The summed E-state index contributed by atoms with van der Waals surface area (Å²) in [5.74, 6) is 1.83. The van der Waals surface area contributed by atoms with Crippen molar-refractivity contribution in [1.82, 2.24) is 0 Å². The van der Waals surface area contributed by atoms with Crippen molar-refractivity contribution in [2.75, 3.05) is 19.8 Å². The number of rotatable bonds is 15. The first-order valence-electron chi connectivity index (χ1n) is 9.33. The van der Waals surface area contributed by atoms with Crippen LogP contribution in [0, 0.1) is 17.8 Å². The van der Waals surface area contributed by atoms with E-state index >= 15 is 0 Å². The fourth-order valence-corrected chi connectivity index (χ4v) is 3.40. The lowest BCUT2D eigenvalue weighted by Crippen LogP contribution is -2.12. The Balaban J connectivity index is 4.34. The van der Waals surface area contributed by atoms with Crippen LogP contribution in [0.5, 0.6) is 0 Å². The molecule has 22 heavy (non-hydrogen) atoms. The van der Waals surface area contributed by atoms with E-state index in [1.165, 1.54) is 0 Å². The molecule has 0 N–H and O–H groups in total. The van der Waals surface area contributed by atoms with Gasteiger partial charge in [-0.2, -0.15) is 0 Å². The summed E-state index contributed by atoms with van der Waals surface area (Å²) in [5, 5.41) is 0. The van der Waals surface area contributed by atoms with Crippen molar-refractivity contribution in [2.45, 2.75) is 80.1 Å². The van der Waals surface area contributed by atoms with E-state index in [2.05, 4.69) is 41.5 Å². The molecule has 0 spiro atoms. The van der Waals surface area contributed by atoms with E-state index in [4.69, 9.17) is 13.6 Å². The zero-order valence-corrected chi connectivity index (χ0v) is 16.7. The van der Waals surface area contributed by atoms with Crippen LogP contribution >= 0.6 is 8.60 Å². The monoisotopic (exact) mass is 334 g/mol. The quantitative estimate of drug-likeness (QED) is 0.317. The third-order valence-electron chi connectivity index (χ3n) is 4.71. The number of hydrogen-bond acceptors (Lipinski definition) is 3. The lowest BCUT2D eigenvalue weighted by Gasteiger charge is -2.23. The molecule has 134 valence electrons. The molecule has 0 unspecified atom stereocenters. The van der Waals surface area contributed by atoms with Gasteiger partial charge in [-0.1, -0.05) is 80.1 Å². The van der Waals surface area contributed by atoms with Crippen LogP contribution in [0.3, 0.4) is 0 Å². The fraction of sp³-hybridized carbons (Fsp3) is 1.00. The Morgan fingerprint density at radius 1 is 0.500 bits per heavy atom. The Labute approximate surface area is 140 Å². The predicted octanol–water partition coefficient (Wildman–Crippen LogP) is 6.57. The second kappa shape index (κ2) is 14.9. The van der Waals surface area contributed by atoms with E-state index in [1.54, 1.807) is 0 Å². The average molecular weight is 334 g/mol. The van der Waals surface area contributed by atoms with Gasteiger partial charge in [-0.3, -0.25) is 0 Å². The Morgan fingerprint density at radius 2 is 0.727 bits per heavy atom. The van der Waals surface area contributed by atoms with Crippen LogP contribution in [-0.2, 0) is 13.6 Å². The molecule has 0 saturated carbocycles. The highest BCUT2D eigenvalue weighted by molar-refractivity contribution is 7.41. The SMILES string of the molecule is CCC(CC)COP(OCC(CC)CC)OCC(CC)CC. The van der Waals surface area contributed by atoms with Crippen molar-refractivity contribution in [2.24, 2.45) is 17.8 Å². The summed E-state index contributed by atoms with van der Waals surface area (Å²) in [6.45, 7) is 15.6. The lowest BCUT2D eigenvalue weighted by molar-refractivity contribution is 0.113. The maximum Gasteiger partial charge on any atom is 0.332 e. The van der Waals surface area contributed by atoms with Crippen LogP contribution in [0.4, 0.5) is 0 Å². The molecule has 0 heterocycles. The highest BCUT2D eigenvalue weighted by Gasteiger charge is 2.18. The largest absolute Gasteiger partial charge is 0.332 e. The molecular formula is C18H39O3P. The molecule has 4 heteroatoms. The summed E-state index contributed by atoms with van der Waals surface area (Å²) in [4.78, 5) is 0. The molecule has 0 aromatic carbocycles. The summed E-state index contributed by atoms with van der Waals surface area (Å²) >= 11 is 0. The van der Waals surface area contributed by atoms with Crippen molar-refractivity contribution >= 4 is 8.60 Å². The van der Waals surface area contributed by atoms with Crippen LogP contribution in [0.1, 0.15) is 80.1 Å². The van der Waals surface area contributed by atoms with Crippen LogP contribution in [-0.4, -0.2) is 19.8 Å². The average Bonchev–Trinajstić information content (AvgIpc) is 2.56. The van der Waals surface area contributed by atoms with Gasteiger partial charge >= 0.3 is 8.60 Å². The van der Waals surface area contributed by atoms with E-state index in [0.717, 1.165) is 58.3 Å². The first-order valence-corrected chi connectivity index (χ1v) is 10.4. The second-order valence-corrected chi connectivity index (χ2v) is 7.38. The van der Waals surface area contributed by atoms with E-state index in [9.17, 15) is 0 Å². The zero-order valence-electron chi connectivity index (χ0n) is 15.8. The molecule has 0 aliphatic carbocycles. The van der Waals surface area contributed by atoms with Crippen LogP contribution in [0.2, 0.25) is 0 Å². The Morgan fingerprint density at radius 3 is 0.909 bits per heavy atom. The first-order chi connectivity index (χ1) is 10.6. The summed E-state index contributed by atoms with van der Waals surface area (Å²) in [5.41, 5.74) is 0. The van der Waals surface area contributed by atoms with Gasteiger partial charge < -0.3 is 13.6 Å². The zero-order chi connectivity index (χ0) is 16.8. The van der Waals surface area contributed by atoms with E-state index in [1.807, 2.05) is 0 Å². The molecule has 0 bridgehead atoms. The maximum atomic E-state index is 5.99. The van der Waals surface area contributed by atoms with Gasteiger partial charge in [0.25, 0.3) is 0 Å². The molecule has 3 nitrogen and oxygen atoms in total. The van der Waals surface area contributed by atoms with Crippen molar-refractivity contribution in [3.8, 4) is 0 Å². The predicted molar refractivity (Wildman–Crippen MR) is 97.0 cm³/mol. The van der Waals surface area contributed by atoms with Crippen molar-refractivity contribution in [1.29, 1.82) is 0 Å². The van der Waals surface area contributed by atoms with Gasteiger partial charge in [-0.25, -0.2) is 0 Å². The molecule has 0 radical (unpaired) electrons. The molecule has 0 aliphatic rings. The minimum Gasteiger partial charge on any atom is -0.312 e. The van der Waals surface area contributed by atoms with Crippen molar-refractivity contribution < 1.29 is 13.6 Å². The third-order valence-corrected chi connectivity index (χ3v) is 5.79. The molecule has 0 aromatic heterocycles. The van der Waals surface area contributed by atoms with Gasteiger partial charge in [0, 0.05) is 0 Å². The minimum absolute atomic E-state index is 0.610. The van der Waals surface area contributed by atoms with Crippen molar-refractivity contribution in [3.63, 3.8) is 0 Å². The maximum absolute atomic E-state index is 5.99. The standard InChI is InChI=1S/C18H39O3P/c1-7-16(8-2)13-19-22(20-14-17(9-3)10-4)21-15-18(11-5)12-6/h16-18H,7-15H2,1-6H3. The third kappa shape index (κ3) is 10.2. The molecule has 0 aliphatic heterocycles. The van der Waals surface area contributed by atoms with Gasteiger partial charge in [0.15, 0.2) is 0 Å². The molecule has 0 amide bonds. The Bertz CT molecular complexity index is 188. The molecular weight excluding hydrogens is 295 g/mol. The van der Waals surface area contributed by atoms with Crippen LogP contribution < -0.4 is 0 Å². The second-order valence-electron chi connectivity index (χ2n) is 6.16. The number of hydrogen-bond donors (Lipinski definition) is 0. The minimum atomic E-state index is -1.19. The normalized spacial score (nSPS) is 12.3. The molecule has 0 saturated heterocycles. The molecule has 0 fully saturated rings. The highest BCUT2D eigenvalue weighted by Crippen LogP contribution is 2.42. The van der Waals surface area contributed by atoms with E-state index < -0.39 is 8.60 Å². The summed E-state index contributed by atoms with van der Waals surface area (Å²) < 4.78 is 18.0. The van der Waals surface area contributed by atoms with Crippen LogP contribution in [0.25, 0.3) is 0 Å². The van der Waals surface area contributed by atoms with Crippen molar-refractivity contribution in [3.05, 3.63) is 0 Å². The van der Waals surface area contributed by atoms with E-state index in [0.29, 0.717) is 17.8 Å². The van der Waals surface area contributed by atoms with E-state index in [-0.39, 0.29) is 0 Å². The molecule has 0 rings (SSSR count). The molecule has 0 aromatic rings. The van der Waals surface area contributed by atoms with Gasteiger partial charge in [-0.05, 0) is 17.8 Å². The lowest BCUT2D eigenvalue weighted by atomic mass is 10.1. The summed E-state index contributed by atoms with van der Waals surface area (Å²) in [6.07, 6.45) is 6.91. The van der Waals surface area contributed by atoms with Gasteiger partial charge in [-0.15, -0.1) is 0 Å². The Hall–Kier alpha value is 0.310. The first kappa shape index (κ1) is 22.3. The van der Waals surface area contributed by atoms with Gasteiger partial charge in [0.1, 0.15) is 0 Å². The highest BCUT2D eigenvalue weighted by atomic mass is 31.2. The summed E-state index contributed by atoms with van der Waals surface area (Å²) in [7, 11) is -1.19. The summed E-state index contributed by atoms with van der Waals surface area (Å²) in [6, 6.07) is 0. The molecule has 0 atom stereocenters. The van der Waals surface area contributed by atoms with Crippen LogP contribution in [0.15, 0.2) is 0 Å². The fourth-order valence-electron chi connectivity index (χ4n) is 2.18. The smallest absolute Gasteiger partial charge is 0.312 e. The van der Waals surface area contributed by atoms with Gasteiger partial charge in [0.05, 0.1) is 19.8 Å². The topological polar surface area (TPSA) is 27.7 Å².